The minimum absolute atomic E-state index is 0.718. The lowest BCUT2D eigenvalue weighted by atomic mass is 10.4. The van der Waals surface area contributed by atoms with E-state index in [0.717, 1.165) is 21.0 Å². The van der Waals surface area contributed by atoms with Gasteiger partial charge < -0.3 is 0 Å². The second kappa shape index (κ2) is 7.09. The number of allylic oxidation sites excluding steroid dienone is 1. The first-order valence-corrected chi connectivity index (χ1v) is 7.18. The van der Waals surface area contributed by atoms with Gasteiger partial charge in [0, 0.05) is 9.79 Å². The van der Waals surface area contributed by atoms with Gasteiger partial charge in [-0.1, -0.05) is 59.9 Å². The largest absolute Gasteiger partial charge is 0.297 e. The topological polar surface area (TPSA) is 17.1 Å². The number of benzene rings is 2. The Kier molecular flexibility index (Phi) is 5.12. The molecule has 2 rings (SSSR count). The second-order valence-corrected chi connectivity index (χ2v) is 5.57. The molecule has 18 heavy (non-hydrogen) atoms. The van der Waals surface area contributed by atoms with E-state index in [2.05, 4.69) is 0 Å². The lowest BCUT2D eigenvalue weighted by molar-refractivity contribution is -0.104. The summed E-state index contributed by atoms with van der Waals surface area (Å²) in [7, 11) is 0. The van der Waals surface area contributed by atoms with E-state index in [1.54, 1.807) is 11.8 Å². The van der Waals surface area contributed by atoms with Crippen molar-refractivity contribution in [3.8, 4) is 0 Å². The summed E-state index contributed by atoms with van der Waals surface area (Å²) in [6.07, 6.45) is 0.896. The van der Waals surface area contributed by atoms with Crippen LogP contribution < -0.4 is 0 Å². The van der Waals surface area contributed by atoms with Crippen molar-refractivity contribution in [3.05, 3.63) is 71.0 Å². The average molecular weight is 272 g/mol. The van der Waals surface area contributed by atoms with Crippen molar-refractivity contribution in [1.29, 1.82) is 0 Å². The molecular formula is C15H12OS2. The number of thioether (sulfide) groups is 2. The third-order valence-corrected chi connectivity index (χ3v) is 4.17. The number of carbonyl (C=O) groups excluding carboxylic acids is 1. The van der Waals surface area contributed by atoms with Gasteiger partial charge in [-0.25, -0.2) is 0 Å². The molecule has 0 aromatic heterocycles. The molecule has 3 heteroatoms. The highest BCUT2D eigenvalue weighted by molar-refractivity contribution is 8.06. The molecule has 0 radical (unpaired) electrons. The van der Waals surface area contributed by atoms with Crippen molar-refractivity contribution in [1.82, 2.24) is 0 Å². The monoisotopic (exact) mass is 272 g/mol. The quantitative estimate of drug-likeness (QED) is 0.449. The molecule has 90 valence electrons. The van der Waals surface area contributed by atoms with Crippen molar-refractivity contribution >= 4 is 29.8 Å². The molecule has 1 nitrogen and oxygen atoms in total. The molecule has 0 unspecified atom stereocenters. The van der Waals surface area contributed by atoms with Crippen LogP contribution in [0, 0.1) is 0 Å². The van der Waals surface area contributed by atoms with Crippen LogP contribution in [0.3, 0.4) is 0 Å². The zero-order valence-corrected chi connectivity index (χ0v) is 11.3. The number of rotatable bonds is 5. The van der Waals surface area contributed by atoms with Gasteiger partial charge >= 0.3 is 0 Å². The standard InChI is InChI=1S/C15H12OS2/c16-11-15(18-14-9-5-2-6-10-14)12-17-13-7-3-1-4-8-13/h1-12H/b15-12-. The van der Waals surface area contributed by atoms with Crippen LogP contribution in [-0.2, 0) is 4.79 Å². The molecule has 2 aromatic carbocycles. The van der Waals surface area contributed by atoms with Crippen molar-refractivity contribution in [2.45, 2.75) is 9.79 Å². The first kappa shape index (κ1) is 13.0. The lowest BCUT2D eigenvalue weighted by Gasteiger charge is -2.00. The molecular weight excluding hydrogens is 260 g/mol. The van der Waals surface area contributed by atoms with Gasteiger partial charge in [-0.2, -0.15) is 0 Å². The van der Waals surface area contributed by atoms with E-state index in [0.29, 0.717) is 0 Å². The maximum Gasteiger partial charge on any atom is 0.157 e. The van der Waals surface area contributed by atoms with Crippen LogP contribution in [0.25, 0.3) is 0 Å². The van der Waals surface area contributed by atoms with E-state index >= 15 is 0 Å². The Hall–Kier alpha value is -1.45. The lowest BCUT2D eigenvalue weighted by Crippen LogP contribution is -1.78. The third kappa shape index (κ3) is 4.09. The van der Waals surface area contributed by atoms with Crippen LogP contribution in [-0.4, -0.2) is 6.29 Å². The van der Waals surface area contributed by atoms with Gasteiger partial charge in [0.15, 0.2) is 6.29 Å². The van der Waals surface area contributed by atoms with E-state index in [4.69, 9.17) is 0 Å². The maximum atomic E-state index is 11.0. The Morgan fingerprint density at radius 3 is 1.94 bits per heavy atom. The van der Waals surface area contributed by atoms with Crippen molar-refractivity contribution in [3.63, 3.8) is 0 Å². The summed E-state index contributed by atoms with van der Waals surface area (Å²) in [6, 6.07) is 19.9. The molecule has 0 bridgehead atoms. The average Bonchev–Trinajstić information content (AvgIpc) is 2.45. The number of aldehydes is 1. The van der Waals surface area contributed by atoms with Crippen LogP contribution in [0.15, 0.2) is 80.8 Å². The molecule has 0 aliphatic heterocycles. The van der Waals surface area contributed by atoms with Gasteiger partial charge in [-0.3, -0.25) is 4.79 Å². The summed E-state index contributed by atoms with van der Waals surface area (Å²) in [5, 5.41) is 1.89. The van der Waals surface area contributed by atoms with Crippen LogP contribution in [0.2, 0.25) is 0 Å². The summed E-state index contributed by atoms with van der Waals surface area (Å²) in [6.45, 7) is 0. The molecule has 0 heterocycles. The highest BCUT2D eigenvalue weighted by Crippen LogP contribution is 2.29. The summed E-state index contributed by atoms with van der Waals surface area (Å²) in [5.41, 5.74) is 0. The smallest absolute Gasteiger partial charge is 0.157 e. The predicted octanol–water partition coefficient (Wildman–Crippen LogP) is 4.61. The van der Waals surface area contributed by atoms with Gasteiger partial charge in [-0.05, 0) is 29.7 Å². The van der Waals surface area contributed by atoms with Crippen molar-refractivity contribution < 1.29 is 4.79 Å². The third-order valence-electron chi connectivity index (χ3n) is 2.15. The molecule has 0 aliphatic rings. The Morgan fingerprint density at radius 2 is 1.39 bits per heavy atom. The van der Waals surface area contributed by atoms with Crippen LogP contribution >= 0.6 is 23.5 Å². The van der Waals surface area contributed by atoms with E-state index in [1.165, 1.54) is 11.8 Å². The van der Waals surface area contributed by atoms with Gasteiger partial charge in [-0.15, -0.1) is 0 Å². The van der Waals surface area contributed by atoms with Crippen LogP contribution in [0.1, 0.15) is 0 Å². The molecule has 0 spiro atoms. The first-order valence-electron chi connectivity index (χ1n) is 5.48. The predicted molar refractivity (Wildman–Crippen MR) is 78.7 cm³/mol. The Labute approximate surface area is 115 Å². The Bertz CT molecular complexity index is 521. The molecule has 2 aromatic rings. The van der Waals surface area contributed by atoms with Crippen LogP contribution in [0.5, 0.6) is 0 Å². The van der Waals surface area contributed by atoms with Gasteiger partial charge in [0.2, 0.25) is 0 Å². The van der Waals surface area contributed by atoms with Gasteiger partial charge in [0.25, 0.3) is 0 Å². The summed E-state index contributed by atoms with van der Waals surface area (Å²) in [5.74, 6) is 0. The molecule has 0 atom stereocenters. The summed E-state index contributed by atoms with van der Waals surface area (Å²) in [4.78, 5) is 13.9. The fraction of sp³-hybridized carbons (Fsp3) is 0. The highest BCUT2D eigenvalue weighted by atomic mass is 32.2. The Balaban J connectivity index is 2.03. The van der Waals surface area contributed by atoms with Gasteiger partial charge in [0.1, 0.15) is 0 Å². The zero-order chi connectivity index (χ0) is 12.6. The van der Waals surface area contributed by atoms with Crippen LogP contribution in [0.4, 0.5) is 0 Å². The highest BCUT2D eigenvalue weighted by Gasteiger charge is 1.99. The van der Waals surface area contributed by atoms with Crippen molar-refractivity contribution in [2.24, 2.45) is 0 Å². The summed E-state index contributed by atoms with van der Waals surface area (Å²) < 4.78 is 0. The second-order valence-electron chi connectivity index (χ2n) is 3.48. The van der Waals surface area contributed by atoms with E-state index in [-0.39, 0.29) is 0 Å². The number of carbonyl (C=O) groups is 1. The van der Waals surface area contributed by atoms with Gasteiger partial charge in [0.05, 0.1) is 4.91 Å². The molecule has 0 N–H and O–H groups in total. The maximum absolute atomic E-state index is 11.0. The molecule has 0 aliphatic carbocycles. The Morgan fingerprint density at radius 1 is 0.833 bits per heavy atom. The summed E-state index contributed by atoms with van der Waals surface area (Å²) >= 11 is 3.04. The molecule has 0 saturated heterocycles. The minimum Gasteiger partial charge on any atom is -0.297 e. The molecule has 0 saturated carbocycles. The molecule has 0 fully saturated rings. The first-order chi connectivity index (χ1) is 8.88. The van der Waals surface area contributed by atoms with E-state index in [1.807, 2.05) is 66.1 Å². The molecule has 0 amide bonds. The minimum atomic E-state index is 0.718. The normalized spacial score (nSPS) is 11.2. The number of hydrogen-bond donors (Lipinski definition) is 0. The van der Waals surface area contributed by atoms with Crippen molar-refractivity contribution in [2.75, 3.05) is 0 Å². The fourth-order valence-corrected chi connectivity index (χ4v) is 2.90. The van der Waals surface area contributed by atoms with E-state index in [9.17, 15) is 4.79 Å². The van der Waals surface area contributed by atoms with E-state index < -0.39 is 0 Å². The fourth-order valence-electron chi connectivity index (χ4n) is 1.33. The number of hydrogen-bond acceptors (Lipinski definition) is 3. The zero-order valence-electron chi connectivity index (χ0n) is 9.65. The SMILES string of the molecule is O=C/C(=C/Sc1ccccc1)Sc1ccccc1.